The predicted octanol–water partition coefficient (Wildman–Crippen LogP) is 2.29. The van der Waals surface area contributed by atoms with Crippen LogP contribution in [0.25, 0.3) is 0 Å². The molecule has 2 heterocycles. The second-order valence-electron chi connectivity index (χ2n) is 3.17. The Morgan fingerprint density at radius 1 is 1.20 bits per heavy atom. The summed E-state index contributed by atoms with van der Waals surface area (Å²) in [5, 5.41) is 0. The lowest BCUT2D eigenvalue weighted by Gasteiger charge is -2.10. The molecular formula is C11H10BrN3. The highest BCUT2D eigenvalue weighted by molar-refractivity contribution is 9.10. The average Bonchev–Trinajstić information content (AvgIpc) is 2.30. The Labute approximate surface area is 96.5 Å². The SMILES string of the molecule is NC(c1cccnc1)c1ccc(Br)cn1. The van der Waals surface area contributed by atoms with Gasteiger partial charge in [-0.15, -0.1) is 0 Å². The fourth-order valence-corrected chi connectivity index (χ4v) is 1.54. The average molecular weight is 264 g/mol. The lowest BCUT2D eigenvalue weighted by Crippen LogP contribution is -2.13. The van der Waals surface area contributed by atoms with Crippen molar-refractivity contribution in [3.8, 4) is 0 Å². The second-order valence-corrected chi connectivity index (χ2v) is 4.08. The first kappa shape index (κ1) is 10.3. The Hall–Kier alpha value is -1.26. The first-order chi connectivity index (χ1) is 7.27. The molecule has 0 spiro atoms. The molecule has 0 saturated carbocycles. The molecule has 4 heteroatoms. The molecule has 2 N–H and O–H groups in total. The van der Waals surface area contributed by atoms with Gasteiger partial charge in [-0.3, -0.25) is 9.97 Å². The number of aromatic nitrogens is 2. The van der Waals surface area contributed by atoms with Gasteiger partial charge in [-0.05, 0) is 39.7 Å². The van der Waals surface area contributed by atoms with E-state index in [-0.39, 0.29) is 6.04 Å². The van der Waals surface area contributed by atoms with E-state index in [0.717, 1.165) is 15.7 Å². The highest BCUT2D eigenvalue weighted by Crippen LogP contribution is 2.17. The van der Waals surface area contributed by atoms with Crippen molar-refractivity contribution < 1.29 is 0 Å². The summed E-state index contributed by atoms with van der Waals surface area (Å²) in [5.74, 6) is 0. The van der Waals surface area contributed by atoms with E-state index < -0.39 is 0 Å². The third-order valence-electron chi connectivity index (χ3n) is 2.11. The van der Waals surface area contributed by atoms with Gasteiger partial charge in [0.1, 0.15) is 0 Å². The quantitative estimate of drug-likeness (QED) is 0.905. The van der Waals surface area contributed by atoms with E-state index in [1.54, 1.807) is 18.6 Å². The molecule has 2 aromatic heterocycles. The summed E-state index contributed by atoms with van der Waals surface area (Å²) < 4.78 is 0.949. The summed E-state index contributed by atoms with van der Waals surface area (Å²) in [7, 11) is 0. The number of nitrogens with zero attached hydrogens (tertiary/aromatic N) is 2. The van der Waals surface area contributed by atoms with Gasteiger partial charge in [0.2, 0.25) is 0 Å². The fourth-order valence-electron chi connectivity index (χ4n) is 1.30. The van der Waals surface area contributed by atoms with Crippen LogP contribution in [0.2, 0.25) is 0 Å². The van der Waals surface area contributed by atoms with Gasteiger partial charge in [0.15, 0.2) is 0 Å². The maximum absolute atomic E-state index is 6.05. The number of hydrogen-bond acceptors (Lipinski definition) is 3. The Kier molecular flexibility index (Phi) is 3.08. The molecule has 0 aliphatic heterocycles. The Bertz CT molecular complexity index is 427. The van der Waals surface area contributed by atoms with Crippen molar-refractivity contribution in [3.05, 3.63) is 58.6 Å². The van der Waals surface area contributed by atoms with Crippen molar-refractivity contribution in [2.45, 2.75) is 6.04 Å². The molecule has 76 valence electrons. The normalized spacial score (nSPS) is 12.4. The van der Waals surface area contributed by atoms with Crippen LogP contribution in [0.1, 0.15) is 17.3 Å². The van der Waals surface area contributed by atoms with Crippen LogP contribution in [0.15, 0.2) is 47.3 Å². The summed E-state index contributed by atoms with van der Waals surface area (Å²) >= 11 is 3.34. The van der Waals surface area contributed by atoms with Crippen molar-refractivity contribution in [2.24, 2.45) is 5.73 Å². The van der Waals surface area contributed by atoms with Gasteiger partial charge in [-0.25, -0.2) is 0 Å². The zero-order valence-corrected chi connectivity index (χ0v) is 9.55. The molecule has 0 aliphatic rings. The van der Waals surface area contributed by atoms with Crippen LogP contribution in [-0.4, -0.2) is 9.97 Å². The maximum Gasteiger partial charge on any atom is 0.0741 e. The number of hydrogen-bond donors (Lipinski definition) is 1. The highest BCUT2D eigenvalue weighted by atomic mass is 79.9. The van der Waals surface area contributed by atoms with Gasteiger partial charge < -0.3 is 5.73 Å². The first-order valence-electron chi connectivity index (χ1n) is 4.54. The van der Waals surface area contributed by atoms with E-state index >= 15 is 0 Å². The van der Waals surface area contributed by atoms with Crippen LogP contribution in [0, 0.1) is 0 Å². The molecule has 0 bridgehead atoms. The van der Waals surface area contributed by atoms with Crippen molar-refractivity contribution in [1.82, 2.24) is 9.97 Å². The minimum absolute atomic E-state index is 0.216. The number of halogens is 1. The van der Waals surface area contributed by atoms with E-state index in [1.807, 2.05) is 24.3 Å². The van der Waals surface area contributed by atoms with Gasteiger partial charge in [-0.2, -0.15) is 0 Å². The number of pyridine rings is 2. The van der Waals surface area contributed by atoms with Gasteiger partial charge >= 0.3 is 0 Å². The van der Waals surface area contributed by atoms with Crippen molar-refractivity contribution >= 4 is 15.9 Å². The second kappa shape index (κ2) is 4.51. The minimum atomic E-state index is -0.216. The molecule has 0 aliphatic carbocycles. The minimum Gasteiger partial charge on any atom is -0.319 e. The largest absolute Gasteiger partial charge is 0.319 e. The first-order valence-corrected chi connectivity index (χ1v) is 5.33. The van der Waals surface area contributed by atoms with Crippen LogP contribution >= 0.6 is 15.9 Å². The number of nitrogens with two attached hydrogens (primary N) is 1. The van der Waals surface area contributed by atoms with Crippen LogP contribution < -0.4 is 5.73 Å². The number of rotatable bonds is 2. The van der Waals surface area contributed by atoms with Gasteiger partial charge in [0, 0.05) is 23.1 Å². The van der Waals surface area contributed by atoms with Gasteiger partial charge in [0.25, 0.3) is 0 Å². The zero-order valence-electron chi connectivity index (χ0n) is 7.97. The molecule has 1 atom stereocenters. The molecule has 0 fully saturated rings. The summed E-state index contributed by atoms with van der Waals surface area (Å²) in [4.78, 5) is 8.29. The molecule has 0 amide bonds. The topological polar surface area (TPSA) is 51.8 Å². The van der Waals surface area contributed by atoms with Crippen molar-refractivity contribution in [3.63, 3.8) is 0 Å². The molecule has 0 radical (unpaired) electrons. The molecular weight excluding hydrogens is 254 g/mol. The molecule has 0 saturated heterocycles. The summed E-state index contributed by atoms with van der Waals surface area (Å²) in [6, 6.07) is 7.43. The van der Waals surface area contributed by atoms with Gasteiger partial charge in [0.05, 0.1) is 11.7 Å². The van der Waals surface area contributed by atoms with Crippen molar-refractivity contribution in [1.29, 1.82) is 0 Å². The van der Waals surface area contributed by atoms with E-state index in [4.69, 9.17) is 5.73 Å². The van der Waals surface area contributed by atoms with Crippen LogP contribution in [0.3, 0.4) is 0 Å². The van der Waals surface area contributed by atoms with E-state index in [1.165, 1.54) is 0 Å². The summed E-state index contributed by atoms with van der Waals surface area (Å²) in [6.07, 6.45) is 5.23. The molecule has 0 aromatic carbocycles. The summed E-state index contributed by atoms with van der Waals surface area (Å²) in [6.45, 7) is 0. The molecule has 3 nitrogen and oxygen atoms in total. The fraction of sp³-hybridized carbons (Fsp3) is 0.0909. The lowest BCUT2D eigenvalue weighted by atomic mass is 10.1. The molecule has 1 unspecified atom stereocenters. The van der Waals surface area contributed by atoms with E-state index in [9.17, 15) is 0 Å². The Morgan fingerprint density at radius 2 is 2.07 bits per heavy atom. The van der Waals surface area contributed by atoms with Crippen LogP contribution in [0.4, 0.5) is 0 Å². The van der Waals surface area contributed by atoms with Gasteiger partial charge in [-0.1, -0.05) is 6.07 Å². The molecule has 2 aromatic rings. The maximum atomic E-state index is 6.05. The Morgan fingerprint density at radius 3 is 2.67 bits per heavy atom. The lowest BCUT2D eigenvalue weighted by molar-refractivity contribution is 0.821. The third kappa shape index (κ3) is 2.40. The molecule has 2 rings (SSSR count). The predicted molar refractivity (Wildman–Crippen MR) is 62.2 cm³/mol. The molecule has 15 heavy (non-hydrogen) atoms. The third-order valence-corrected chi connectivity index (χ3v) is 2.58. The van der Waals surface area contributed by atoms with Crippen molar-refractivity contribution in [2.75, 3.05) is 0 Å². The standard InChI is InChI=1S/C11H10BrN3/c12-9-3-4-10(15-7-9)11(13)8-2-1-5-14-6-8/h1-7,11H,13H2. The Balaban J connectivity index is 2.29. The van der Waals surface area contributed by atoms with Crippen LogP contribution in [0.5, 0.6) is 0 Å². The van der Waals surface area contributed by atoms with Crippen LogP contribution in [-0.2, 0) is 0 Å². The summed E-state index contributed by atoms with van der Waals surface area (Å²) in [5.41, 5.74) is 7.85. The van der Waals surface area contributed by atoms with E-state index in [0.29, 0.717) is 0 Å². The zero-order chi connectivity index (χ0) is 10.7. The smallest absolute Gasteiger partial charge is 0.0741 e. The van der Waals surface area contributed by atoms with E-state index in [2.05, 4.69) is 25.9 Å². The highest BCUT2D eigenvalue weighted by Gasteiger charge is 2.09. The monoisotopic (exact) mass is 263 g/mol.